The Kier molecular flexibility index (Phi) is 4.04. The molecule has 1 N–H and O–H groups in total. The molecule has 1 aromatic rings. The Labute approximate surface area is 98.4 Å². The number of nitrogens with zero attached hydrogens (tertiary/aromatic N) is 2. The average molecular weight is 268 g/mol. The minimum absolute atomic E-state index is 0.104. The zero-order valence-electron chi connectivity index (χ0n) is 9.03. The van der Waals surface area contributed by atoms with Crippen molar-refractivity contribution in [1.29, 1.82) is 0 Å². The largest absolute Gasteiger partial charge is 0.476 e. The summed E-state index contributed by atoms with van der Waals surface area (Å²) in [7, 11) is 0. The number of aromatic nitrogens is 2. The summed E-state index contributed by atoms with van der Waals surface area (Å²) >= 11 is 0. The van der Waals surface area contributed by atoms with Crippen molar-refractivity contribution >= 4 is 5.97 Å². The zero-order valence-corrected chi connectivity index (χ0v) is 9.03. The van der Waals surface area contributed by atoms with E-state index in [4.69, 9.17) is 5.11 Å². The SMILES string of the molecule is Cc1cc(C(=O)O)nnc1OCC(F)(F)C(F)F. The van der Waals surface area contributed by atoms with E-state index in [2.05, 4.69) is 14.9 Å². The molecule has 1 aromatic heterocycles. The van der Waals surface area contributed by atoms with Crippen molar-refractivity contribution in [1.82, 2.24) is 10.2 Å². The van der Waals surface area contributed by atoms with Crippen LogP contribution < -0.4 is 4.74 Å². The number of halogens is 4. The van der Waals surface area contributed by atoms with Crippen LogP contribution in [0, 0.1) is 6.92 Å². The average Bonchev–Trinajstić information content (AvgIpc) is 2.26. The van der Waals surface area contributed by atoms with E-state index in [1.807, 2.05) is 0 Å². The highest BCUT2D eigenvalue weighted by Gasteiger charge is 2.42. The number of hydrogen-bond donors (Lipinski definition) is 1. The fourth-order valence-electron chi connectivity index (χ4n) is 0.949. The lowest BCUT2D eigenvalue weighted by atomic mass is 10.3. The molecule has 0 unspecified atom stereocenters. The number of ether oxygens (including phenoxy) is 1. The zero-order chi connectivity index (χ0) is 13.9. The normalized spacial score (nSPS) is 11.7. The Morgan fingerprint density at radius 1 is 1.50 bits per heavy atom. The van der Waals surface area contributed by atoms with Crippen LogP contribution in [0.2, 0.25) is 0 Å². The Balaban J connectivity index is 2.78. The molecular formula is C9H8F4N2O3. The molecule has 0 spiro atoms. The van der Waals surface area contributed by atoms with Gasteiger partial charge >= 0.3 is 18.3 Å². The molecule has 0 bridgehead atoms. The molecule has 9 heteroatoms. The standard InChI is InChI=1S/C9H8F4N2O3/c1-4-2-5(7(16)17)14-15-6(4)18-3-9(12,13)8(10)11/h2,8H,3H2,1H3,(H,16,17). The van der Waals surface area contributed by atoms with Crippen LogP contribution in [-0.4, -0.2) is 40.2 Å². The van der Waals surface area contributed by atoms with Gasteiger partial charge in [0, 0.05) is 5.56 Å². The highest BCUT2D eigenvalue weighted by molar-refractivity contribution is 5.85. The topological polar surface area (TPSA) is 72.3 Å². The molecule has 0 aromatic carbocycles. The summed E-state index contributed by atoms with van der Waals surface area (Å²) in [5.41, 5.74) is -0.298. The van der Waals surface area contributed by atoms with Gasteiger partial charge in [-0.2, -0.15) is 8.78 Å². The smallest absolute Gasteiger partial charge is 0.356 e. The van der Waals surface area contributed by atoms with Crippen LogP contribution in [0.1, 0.15) is 16.1 Å². The second-order valence-electron chi connectivity index (χ2n) is 3.37. The van der Waals surface area contributed by atoms with E-state index in [0.29, 0.717) is 0 Å². The molecular weight excluding hydrogens is 260 g/mol. The third kappa shape index (κ3) is 3.28. The first-order valence-corrected chi connectivity index (χ1v) is 4.60. The van der Waals surface area contributed by atoms with Gasteiger partial charge in [0.15, 0.2) is 12.3 Å². The summed E-state index contributed by atoms with van der Waals surface area (Å²) in [5, 5.41) is 15.0. The first kappa shape index (κ1) is 14.1. The predicted molar refractivity (Wildman–Crippen MR) is 50.2 cm³/mol. The summed E-state index contributed by atoms with van der Waals surface area (Å²) in [6.07, 6.45) is -3.86. The fraction of sp³-hybridized carbons (Fsp3) is 0.444. The van der Waals surface area contributed by atoms with Crippen LogP contribution in [0.25, 0.3) is 0 Å². The van der Waals surface area contributed by atoms with Crippen LogP contribution in [0.15, 0.2) is 6.07 Å². The van der Waals surface area contributed by atoms with Crippen LogP contribution in [0.5, 0.6) is 5.88 Å². The van der Waals surface area contributed by atoms with Crippen LogP contribution in [-0.2, 0) is 0 Å². The second-order valence-corrected chi connectivity index (χ2v) is 3.37. The highest BCUT2D eigenvalue weighted by Crippen LogP contribution is 2.24. The first-order chi connectivity index (χ1) is 8.24. The van der Waals surface area contributed by atoms with Crippen molar-refractivity contribution in [2.45, 2.75) is 19.3 Å². The Bertz CT molecular complexity index is 453. The number of rotatable bonds is 5. The summed E-state index contributed by atoms with van der Waals surface area (Å²) < 4.78 is 53.2. The molecule has 0 fully saturated rings. The van der Waals surface area contributed by atoms with Crippen molar-refractivity contribution in [2.24, 2.45) is 0 Å². The Hall–Kier alpha value is -1.93. The molecule has 18 heavy (non-hydrogen) atoms. The van der Waals surface area contributed by atoms with E-state index < -0.39 is 36.5 Å². The molecule has 0 saturated carbocycles. The summed E-state index contributed by atoms with van der Waals surface area (Å²) in [6, 6.07) is 1.03. The molecule has 0 aliphatic heterocycles. The quantitative estimate of drug-likeness (QED) is 0.824. The summed E-state index contributed by atoms with van der Waals surface area (Å²) in [4.78, 5) is 10.5. The third-order valence-electron chi connectivity index (χ3n) is 1.88. The minimum Gasteiger partial charge on any atom is -0.476 e. The van der Waals surface area contributed by atoms with Crippen molar-refractivity contribution < 1.29 is 32.2 Å². The number of hydrogen-bond acceptors (Lipinski definition) is 4. The minimum atomic E-state index is -4.31. The maximum Gasteiger partial charge on any atom is 0.356 e. The van der Waals surface area contributed by atoms with Gasteiger partial charge in [0.1, 0.15) is 0 Å². The van der Waals surface area contributed by atoms with Gasteiger partial charge in [-0.05, 0) is 13.0 Å². The van der Waals surface area contributed by atoms with E-state index in [1.165, 1.54) is 6.92 Å². The molecule has 5 nitrogen and oxygen atoms in total. The van der Waals surface area contributed by atoms with E-state index >= 15 is 0 Å². The predicted octanol–water partition coefficient (Wildman–Crippen LogP) is 1.76. The van der Waals surface area contributed by atoms with Gasteiger partial charge in [0.2, 0.25) is 5.88 Å². The van der Waals surface area contributed by atoms with E-state index in [1.54, 1.807) is 0 Å². The van der Waals surface area contributed by atoms with Gasteiger partial charge in [-0.25, -0.2) is 13.6 Å². The lowest BCUT2D eigenvalue weighted by Crippen LogP contribution is -2.34. The number of carboxylic acids is 1. The number of carbonyl (C=O) groups is 1. The second kappa shape index (κ2) is 5.15. The Morgan fingerprint density at radius 2 is 2.11 bits per heavy atom. The van der Waals surface area contributed by atoms with Gasteiger partial charge in [0.25, 0.3) is 0 Å². The molecule has 0 atom stereocenters. The first-order valence-electron chi connectivity index (χ1n) is 4.60. The number of carboxylic acid groups (broad SMARTS) is 1. The van der Waals surface area contributed by atoms with Crippen molar-refractivity contribution in [3.8, 4) is 5.88 Å². The number of aromatic carboxylic acids is 1. The maximum atomic E-state index is 12.6. The van der Waals surface area contributed by atoms with Crippen LogP contribution >= 0.6 is 0 Å². The van der Waals surface area contributed by atoms with Crippen molar-refractivity contribution in [3.63, 3.8) is 0 Å². The summed E-state index contributed by atoms with van der Waals surface area (Å²) in [5.74, 6) is -6.07. The van der Waals surface area contributed by atoms with E-state index in [9.17, 15) is 22.4 Å². The van der Waals surface area contributed by atoms with Crippen molar-refractivity contribution in [3.05, 3.63) is 17.3 Å². The molecule has 0 aliphatic rings. The molecule has 1 heterocycles. The van der Waals surface area contributed by atoms with Gasteiger partial charge < -0.3 is 9.84 Å². The molecule has 100 valence electrons. The fourth-order valence-corrected chi connectivity index (χ4v) is 0.949. The molecule has 0 amide bonds. The lowest BCUT2D eigenvalue weighted by Gasteiger charge is -2.15. The maximum absolute atomic E-state index is 12.6. The van der Waals surface area contributed by atoms with Gasteiger partial charge in [0.05, 0.1) is 0 Å². The summed E-state index contributed by atoms with van der Waals surface area (Å²) in [6.45, 7) is -0.233. The Morgan fingerprint density at radius 3 is 2.56 bits per heavy atom. The monoisotopic (exact) mass is 268 g/mol. The highest BCUT2D eigenvalue weighted by atomic mass is 19.3. The third-order valence-corrected chi connectivity index (χ3v) is 1.88. The van der Waals surface area contributed by atoms with Crippen LogP contribution in [0.4, 0.5) is 17.6 Å². The molecule has 0 aliphatic carbocycles. The van der Waals surface area contributed by atoms with Crippen LogP contribution in [0.3, 0.4) is 0 Å². The number of aryl methyl sites for hydroxylation is 1. The van der Waals surface area contributed by atoms with Gasteiger partial charge in [-0.3, -0.25) is 0 Å². The number of alkyl halides is 4. The molecule has 1 rings (SSSR count). The van der Waals surface area contributed by atoms with E-state index in [-0.39, 0.29) is 5.56 Å². The molecule has 0 saturated heterocycles. The van der Waals surface area contributed by atoms with Gasteiger partial charge in [-0.15, -0.1) is 10.2 Å². The molecule has 0 radical (unpaired) electrons. The van der Waals surface area contributed by atoms with Gasteiger partial charge in [-0.1, -0.05) is 0 Å². The van der Waals surface area contributed by atoms with Crippen molar-refractivity contribution in [2.75, 3.05) is 6.61 Å². The van der Waals surface area contributed by atoms with E-state index in [0.717, 1.165) is 6.07 Å². The lowest BCUT2D eigenvalue weighted by molar-refractivity contribution is -0.148.